The van der Waals surface area contributed by atoms with Crippen LogP contribution in [0.15, 0.2) is 47.6 Å². The molecule has 6 nitrogen and oxygen atoms in total. The Morgan fingerprint density at radius 3 is 2.93 bits per heavy atom. The van der Waals surface area contributed by atoms with Crippen molar-refractivity contribution in [3.63, 3.8) is 0 Å². The first-order valence-electron chi connectivity index (χ1n) is 8.37. The van der Waals surface area contributed by atoms with Gasteiger partial charge in [-0.2, -0.15) is 0 Å². The van der Waals surface area contributed by atoms with Crippen LogP contribution < -0.4 is 10.6 Å². The van der Waals surface area contributed by atoms with Crippen LogP contribution >= 0.6 is 35.6 Å². The topological polar surface area (TPSA) is 66.6 Å². The van der Waals surface area contributed by atoms with Gasteiger partial charge in [-0.3, -0.25) is 9.39 Å². The zero-order valence-corrected chi connectivity index (χ0v) is 17.6. The third kappa shape index (κ3) is 4.16. The van der Waals surface area contributed by atoms with Crippen LogP contribution in [0.5, 0.6) is 0 Å². The molecule has 0 saturated heterocycles. The van der Waals surface area contributed by atoms with Crippen molar-refractivity contribution < 1.29 is 4.39 Å². The van der Waals surface area contributed by atoms with Gasteiger partial charge >= 0.3 is 0 Å². The van der Waals surface area contributed by atoms with Gasteiger partial charge in [0.25, 0.3) is 0 Å². The van der Waals surface area contributed by atoms with Gasteiger partial charge in [0.2, 0.25) is 0 Å². The number of hydrogen-bond acceptors (Lipinski definition) is 3. The molecule has 2 heterocycles. The lowest BCUT2D eigenvalue weighted by molar-refractivity contribution is 0.608. The molecule has 1 fully saturated rings. The molecular formula is C18H19ClFIN6. The number of guanidine groups is 1. The number of nitrogens with zero attached hydrogens (tertiary/aromatic N) is 4. The zero-order chi connectivity index (χ0) is 18.1. The summed E-state index contributed by atoms with van der Waals surface area (Å²) in [4.78, 5) is 4.23. The van der Waals surface area contributed by atoms with E-state index in [9.17, 15) is 4.39 Å². The summed E-state index contributed by atoms with van der Waals surface area (Å²) in [6, 6.07) is 10.6. The molecule has 2 N–H and O–H groups in total. The zero-order valence-electron chi connectivity index (χ0n) is 14.6. The fourth-order valence-electron chi connectivity index (χ4n) is 3.08. The van der Waals surface area contributed by atoms with E-state index in [-0.39, 0.29) is 41.8 Å². The quantitative estimate of drug-likeness (QED) is 0.328. The van der Waals surface area contributed by atoms with Gasteiger partial charge in [0.05, 0.1) is 6.54 Å². The summed E-state index contributed by atoms with van der Waals surface area (Å²) in [6.07, 6.45) is 2.73. The van der Waals surface area contributed by atoms with Crippen LogP contribution in [0.3, 0.4) is 0 Å². The minimum Gasteiger partial charge on any atom is -0.353 e. The van der Waals surface area contributed by atoms with E-state index in [0.717, 1.165) is 17.9 Å². The van der Waals surface area contributed by atoms with E-state index in [1.165, 1.54) is 6.07 Å². The Bertz CT molecular complexity index is 955. The molecule has 0 amide bonds. The molecule has 2 unspecified atom stereocenters. The van der Waals surface area contributed by atoms with Crippen LogP contribution in [0.2, 0.25) is 5.02 Å². The standard InChI is InChI=1S/C18H18ClFN6.HI/c1-21-18(22-10-16-25-24-15-7-2-3-8-26(15)16)23-14-9-11(14)17-12(19)5-4-6-13(17)20;/h2-8,11,14H,9-10H2,1H3,(H2,21,22,23);1H. The van der Waals surface area contributed by atoms with Crippen molar-refractivity contribution in [2.24, 2.45) is 4.99 Å². The Hall–Kier alpha value is -1.94. The normalized spacial score (nSPS) is 18.9. The summed E-state index contributed by atoms with van der Waals surface area (Å²) < 4.78 is 16.0. The maximum atomic E-state index is 14.0. The van der Waals surface area contributed by atoms with Crippen molar-refractivity contribution in [3.8, 4) is 0 Å². The van der Waals surface area contributed by atoms with Gasteiger partial charge in [0.15, 0.2) is 17.4 Å². The van der Waals surface area contributed by atoms with Gasteiger partial charge in [0, 0.05) is 35.8 Å². The predicted molar refractivity (Wildman–Crippen MR) is 114 cm³/mol. The lowest BCUT2D eigenvalue weighted by Crippen LogP contribution is -2.39. The molecule has 27 heavy (non-hydrogen) atoms. The van der Waals surface area contributed by atoms with Crippen molar-refractivity contribution in [2.75, 3.05) is 7.05 Å². The third-order valence-corrected chi connectivity index (χ3v) is 4.83. The molecule has 1 aliphatic carbocycles. The highest BCUT2D eigenvalue weighted by atomic mass is 127. The Balaban J connectivity index is 0.00000210. The molecule has 3 aromatic rings. The number of benzene rings is 1. The van der Waals surface area contributed by atoms with Crippen LogP contribution in [-0.4, -0.2) is 33.6 Å². The summed E-state index contributed by atoms with van der Waals surface area (Å²) in [6.45, 7) is 0.475. The molecule has 1 aliphatic rings. The molecule has 0 radical (unpaired) electrons. The Morgan fingerprint density at radius 2 is 2.15 bits per heavy atom. The summed E-state index contributed by atoms with van der Waals surface area (Å²) in [5, 5.41) is 15.3. The number of rotatable bonds is 4. The van der Waals surface area contributed by atoms with Gasteiger partial charge in [-0.15, -0.1) is 34.2 Å². The van der Waals surface area contributed by atoms with Gasteiger partial charge in [0.1, 0.15) is 5.82 Å². The largest absolute Gasteiger partial charge is 0.353 e. The Kier molecular flexibility index (Phi) is 6.15. The first kappa shape index (κ1) is 19.8. The maximum absolute atomic E-state index is 14.0. The van der Waals surface area contributed by atoms with Gasteiger partial charge in [-0.1, -0.05) is 23.7 Å². The lowest BCUT2D eigenvalue weighted by Gasteiger charge is -2.12. The van der Waals surface area contributed by atoms with Crippen LogP contribution in [0.4, 0.5) is 4.39 Å². The van der Waals surface area contributed by atoms with Crippen molar-refractivity contribution >= 4 is 47.2 Å². The molecule has 9 heteroatoms. The second-order valence-electron chi connectivity index (χ2n) is 6.20. The summed E-state index contributed by atoms with van der Waals surface area (Å²) in [5.74, 6) is 1.21. The number of fused-ring (bicyclic) bond motifs is 1. The van der Waals surface area contributed by atoms with E-state index in [0.29, 0.717) is 23.1 Å². The summed E-state index contributed by atoms with van der Waals surface area (Å²) >= 11 is 6.15. The van der Waals surface area contributed by atoms with E-state index >= 15 is 0 Å². The highest BCUT2D eigenvalue weighted by Gasteiger charge is 2.41. The predicted octanol–water partition coefficient (Wildman–Crippen LogP) is 3.36. The van der Waals surface area contributed by atoms with E-state index in [4.69, 9.17) is 11.6 Å². The molecular weight excluding hydrogens is 482 g/mol. The van der Waals surface area contributed by atoms with E-state index in [1.54, 1.807) is 19.2 Å². The first-order chi connectivity index (χ1) is 12.7. The molecule has 1 aromatic carbocycles. The SMILES string of the molecule is CN=C(NCc1nnc2ccccn12)NC1CC1c1c(F)cccc1Cl.I. The van der Waals surface area contributed by atoms with Crippen molar-refractivity contribution in [1.29, 1.82) is 0 Å². The van der Waals surface area contributed by atoms with Gasteiger partial charge in [-0.05, 0) is 30.7 Å². The number of halogens is 3. The average molecular weight is 501 g/mol. The monoisotopic (exact) mass is 500 g/mol. The number of aromatic nitrogens is 3. The minimum absolute atomic E-state index is 0. The smallest absolute Gasteiger partial charge is 0.191 e. The number of hydrogen-bond donors (Lipinski definition) is 2. The molecule has 142 valence electrons. The highest BCUT2D eigenvalue weighted by Crippen LogP contribution is 2.44. The highest BCUT2D eigenvalue weighted by molar-refractivity contribution is 14.0. The number of aliphatic imine (C=N–C) groups is 1. The van der Waals surface area contributed by atoms with Crippen molar-refractivity contribution in [3.05, 3.63) is 64.8 Å². The van der Waals surface area contributed by atoms with E-state index in [1.807, 2.05) is 28.8 Å². The Labute approximate surface area is 178 Å². The minimum atomic E-state index is -0.260. The maximum Gasteiger partial charge on any atom is 0.191 e. The molecule has 0 bridgehead atoms. The van der Waals surface area contributed by atoms with Crippen molar-refractivity contribution in [2.45, 2.75) is 24.9 Å². The molecule has 0 spiro atoms. The van der Waals surface area contributed by atoms with Crippen LogP contribution in [0.1, 0.15) is 23.7 Å². The number of pyridine rings is 1. The van der Waals surface area contributed by atoms with E-state index < -0.39 is 0 Å². The number of nitrogens with one attached hydrogen (secondary N) is 2. The average Bonchev–Trinajstić information content (AvgIpc) is 3.26. The summed E-state index contributed by atoms with van der Waals surface area (Å²) in [5.41, 5.74) is 1.37. The summed E-state index contributed by atoms with van der Waals surface area (Å²) in [7, 11) is 1.70. The second kappa shape index (κ2) is 8.39. The molecule has 2 atom stereocenters. The lowest BCUT2D eigenvalue weighted by atomic mass is 10.1. The Morgan fingerprint density at radius 1 is 1.30 bits per heavy atom. The molecule has 0 aliphatic heterocycles. The van der Waals surface area contributed by atoms with E-state index in [2.05, 4.69) is 25.8 Å². The fraction of sp³-hybridized carbons (Fsp3) is 0.278. The molecule has 2 aromatic heterocycles. The van der Waals surface area contributed by atoms with Gasteiger partial charge in [-0.25, -0.2) is 4.39 Å². The molecule has 4 rings (SSSR count). The fourth-order valence-corrected chi connectivity index (χ4v) is 3.39. The second-order valence-corrected chi connectivity index (χ2v) is 6.61. The first-order valence-corrected chi connectivity index (χ1v) is 8.75. The van der Waals surface area contributed by atoms with Crippen LogP contribution in [0, 0.1) is 5.82 Å². The van der Waals surface area contributed by atoms with Crippen molar-refractivity contribution in [1.82, 2.24) is 25.2 Å². The van der Waals surface area contributed by atoms with Gasteiger partial charge < -0.3 is 10.6 Å². The third-order valence-electron chi connectivity index (χ3n) is 4.50. The molecule has 1 saturated carbocycles. The van der Waals surface area contributed by atoms with Crippen LogP contribution in [-0.2, 0) is 6.54 Å². The van der Waals surface area contributed by atoms with Crippen LogP contribution in [0.25, 0.3) is 5.65 Å².